The maximum absolute atomic E-state index is 12.2. The van der Waals surface area contributed by atoms with E-state index in [9.17, 15) is 9.59 Å². The lowest BCUT2D eigenvalue weighted by atomic mass is 10.0. The summed E-state index contributed by atoms with van der Waals surface area (Å²) in [6.07, 6.45) is 3.64. The van der Waals surface area contributed by atoms with E-state index in [-0.39, 0.29) is 31.0 Å². The van der Waals surface area contributed by atoms with Crippen LogP contribution >= 0.6 is 0 Å². The van der Waals surface area contributed by atoms with Crippen LogP contribution in [0.2, 0.25) is 0 Å². The molecule has 0 saturated carbocycles. The van der Waals surface area contributed by atoms with Gasteiger partial charge in [-0.05, 0) is 43.2 Å². The Hall–Kier alpha value is -2.73. The van der Waals surface area contributed by atoms with Crippen molar-refractivity contribution in [2.24, 2.45) is 0 Å². The fourth-order valence-electron chi connectivity index (χ4n) is 2.86. The minimum Gasteiger partial charge on any atom is -0.491 e. The number of ether oxygens (including phenoxy) is 1. The molecule has 0 radical (unpaired) electrons. The van der Waals surface area contributed by atoms with Gasteiger partial charge in [0, 0.05) is 12.0 Å². The molecule has 0 unspecified atom stereocenters. The van der Waals surface area contributed by atoms with E-state index < -0.39 is 5.56 Å². The first kappa shape index (κ1) is 16.1. The van der Waals surface area contributed by atoms with Crippen LogP contribution in [0.4, 0.5) is 0 Å². The molecule has 1 aliphatic carbocycles. The number of fused-ring (bicyclic) bond motifs is 1. The second-order valence-electron chi connectivity index (χ2n) is 5.72. The van der Waals surface area contributed by atoms with Gasteiger partial charge >= 0.3 is 0 Å². The fraction of sp³-hybridized carbons (Fsp3) is 0.278. The molecule has 0 bridgehead atoms. The summed E-state index contributed by atoms with van der Waals surface area (Å²) in [6, 6.07) is 3.72. The average Bonchev–Trinajstić information content (AvgIpc) is 2.53. The number of aromatic nitrogens is 2. The number of aliphatic hydroxyl groups is 1. The molecule has 3 rings (SSSR count). The van der Waals surface area contributed by atoms with Crippen molar-refractivity contribution >= 4 is 11.9 Å². The van der Waals surface area contributed by atoms with Gasteiger partial charge in [-0.2, -0.15) is 0 Å². The van der Waals surface area contributed by atoms with E-state index in [1.54, 1.807) is 12.2 Å². The lowest BCUT2D eigenvalue weighted by Gasteiger charge is -2.14. The van der Waals surface area contributed by atoms with E-state index >= 15 is 0 Å². The van der Waals surface area contributed by atoms with E-state index in [1.807, 2.05) is 26.0 Å². The summed E-state index contributed by atoms with van der Waals surface area (Å²) in [5.74, 6) is 0.911. The van der Waals surface area contributed by atoms with Gasteiger partial charge in [-0.25, -0.2) is 4.98 Å². The number of nitrogens with zero attached hydrogens (tertiary/aromatic N) is 1. The minimum absolute atomic E-state index is 0.0549. The van der Waals surface area contributed by atoms with Gasteiger partial charge in [-0.3, -0.25) is 9.59 Å². The van der Waals surface area contributed by atoms with Crippen LogP contribution in [-0.4, -0.2) is 34.1 Å². The van der Waals surface area contributed by atoms with Gasteiger partial charge in [-0.15, -0.1) is 0 Å². The van der Waals surface area contributed by atoms with Crippen LogP contribution in [0.15, 0.2) is 23.0 Å². The SMILES string of the molecule is Cc1cc(-c2nc3c(c(=O)[nH]2)C(=O)CC=C3)cc(C)c1OCCO. The summed E-state index contributed by atoms with van der Waals surface area (Å²) in [4.78, 5) is 31.2. The zero-order valence-corrected chi connectivity index (χ0v) is 13.5. The number of Topliss-reactive ketones (excluding diaryl/α,β-unsaturated/α-hetero) is 1. The summed E-state index contributed by atoms with van der Waals surface area (Å²) in [6.45, 7) is 3.95. The Morgan fingerprint density at radius 3 is 2.62 bits per heavy atom. The van der Waals surface area contributed by atoms with E-state index in [1.165, 1.54) is 0 Å². The zero-order chi connectivity index (χ0) is 17.3. The van der Waals surface area contributed by atoms with Crippen LogP contribution in [0.5, 0.6) is 5.75 Å². The number of H-pyrrole nitrogens is 1. The number of ketones is 1. The van der Waals surface area contributed by atoms with E-state index in [0.29, 0.717) is 17.3 Å². The number of benzene rings is 1. The molecule has 0 amide bonds. The Kier molecular flexibility index (Phi) is 4.31. The number of hydrogen-bond donors (Lipinski definition) is 2. The molecule has 1 aromatic carbocycles. The highest BCUT2D eigenvalue weighted by Gasteiger charge is 2.20. The topological polar surface area (TPSA) is 92.3 Å². The van der Waals surface area contributed by atoms with E-state index in [4.69, 9.17) is 9.84 Å². The molecule has 0 aliphatic heterocycles. The molecule has 1 heterocycles. The largest absolute Gasteiger partial charge is 0.491 e. The van der Waals surface area contributed by atoms with Gasteiger partial charge in [0.05, 0.1) is 12.3 Å². The van der Waals surface area contributed by atoms with Crippen molar-refractivity contribution in [2.45, 2.75) is 20.3 Å². The van der Waals surface area contributed by atoms with Crippen molar-refractivity contribution in [2.75, 3.05) is 13.2 Å². The third-order valence-electron chi connectivity index (χ3n) is 3.88. The summed E-state index contributed by atoms with van der Waals surface area (Å²) in [7, 11) is 0. The second-order valence-corrected chi connectivity index (χ2v) is 5.72. The molecular formula is C18H18N2O4. The van der Waals surface area contributed by atoms with Crippen molar-refractivity contribution in [3.05, 3.63) is 50.9 Å². The zero-order valence-electron chi connectivity index (χ0n) is 13.5. The summed E-state index contributed by atoms with van der Waals surface area (Å²) >= 11 is 0. The van der Waals surface area contributed by atoms with Gasteiger partial charge in [-0.1, -0.05) is 6.08 Å². The molecule has 6 heteroatoms. The highest BCUT2D eigenvalue weighted by atomic mass is 16.5. The smallest absolute Gasteiger partial charge is 0.262 e. The van der Waals surface area contributed by atoms with Gasteiger partial charge in [0.15, 0.2) is 5.78 Å². The monoisotopic (exact) mass is 326 g/mol. The maximum Gasteiger partial charge on any atom is 0.262 e. The number of rotatable bonds is 4. The van der Waals surface area contributed by atoms with Crippen molar-refractivity contribution in [1.82, 2.24) is 9.97 Å². The Morgan fingerprint density at radius 1 is 1.25 bits per heavy atom. The van der Waals surface area contributed by atoms with Gasteiger partial charge in [0.1, 0.15) is 23.7 Å². The Morgan fingerprint density at radius 2 is 1.96 bits per heavy atom. The Balaban J connectivity index is 2.08. The van der Waals surface area contributed by atoms with Gasteiger partial charge in [0.2, 0.25) is 0 Å². The van der Waals surface area contributed by atoms with Crippen molar-refractivity contribution in [3.8, 4) is 17.1 Å². The first-order chi connectivity index (χ1) is 11.5. The lowest BCUT2D eigenvalue weighted by Crippen LogP contribution is -2.23. The van der Waals surface area contributed by atoms with Crippen LogP contribution in [0.25, 0.3) is 17.5 Å². The summed E-state index contributed by atoms with van der Waals surface area (Å²) in [5, 5.41) is 8.90. The highest BCUT2D eigenvalue weighted by Crippen LogP contribution is 2.29. The molecule has 1 aliphatic rings. The molecule has 2 aromatic rings. The van der Waals surface area contributed by atoms with E-state index in [0.717, 1.165) is 16.7 Å². The first-order valence-corrected chi connectivity index (χ1v) is 7.70. The number of hydrogen-bond acceptors (Lipinski definition) is 5. The molecule has 0 spiro atoms. The normalized spacial score (nSPS) is 13.0. The number of aryl methyl sites for hydroxylation is 2. The lowest BCUT2D eigenvalue weighted by molar-refractivity contribution is 0.0992. The Labute approximate surface area is 138 Å². The predicted octanol–water partition coefficient (Wildman–Crippen LogP) is 2.02. The molecule has 0 saturated heterocycles. The van der Waals surface area contributed by atoms with Crippen molar-refractivity contribution < 1.29 is 14.6 Å². The van der Waals surface area contributed by atoms with Crippen LogP contribution in [-0.2, 0) is 0 Å². The number of aromatic amines is 1. The summed E-state index contributed by atoms with van der Waals surface area (Å²) in [5.41, 5.74) is 2.61. The van der Waals surface area contributed by atoms with Crippen molar-refractivity contribution in [1.29, 1.82) is 0 Å². The molecule has 24 heavy (non-hydrogen) atoms. The van der Waals surface area contributed by atoms with Crippen LogP contribution < -0.4 is 10.3 Å². The average molecular weight is 326 g/mol. The quantitative estimate of drug-likeness (QED) is 0.897. The van der Waals surface area contributed by atoms with Crippen molar-refractivity contribution in [3.63, 3.8) is 0 Å². The van der Waals surface area contributed by atoms with E-state index in [2.05, 4.69) is 9.97 Å². The Bertz CT molecular complexity index is 873. The van der Waals surface area contributed by atoms with Crippen LogP contribution in [0.3, 0.4) is 0 Å². The third kappa shape index (κ3) is 2.88. The number of carbonyl (C=O) groups is 1. The van der Waals surface area contributed by atoms with Gasteiger partial charge in [0.25, 0.3) is 5.56 Å². The van der Waals surface area contributed by atoms with Gasteiger partial charge < -0.3 is 14.8 Å². The molecule has 1 aromatic heterocycles. The molecule has 0 atom stereocenters. The number of carbonyl (C=O) groups excluding carboxylic acids is 1. The van der Waals surface area contributed by atoms with Crippen LogP contribution in [0, 0.1) is 13.8 Å². The molecule has 6 nitrogen and oxygen atoms in total. The summed E-state index contributed by atoms with van der Waals surface area (Å²) < 4.78 is 5.54. The highest BCUT2D eigenvalue weighted by molar-refractivity contribution is 6.01. The molecule has 0 fully saturated rings. The number of allylic oxidation sites excluding steroid dienone is 1. The molecule has 2 N–H and O–H groups in total. The first-order valence-electron chi connectivity index (χ1n) is 7.70. The third-order valence-corrected chi connectivity index (χ3v) is 3.88. The maximum atomic E-state index is 12.2. The minimum atomic E-state index is -0.416. The number of aliphatic hydroxyl groups excluding tert-OH is 1. The van der Waals surface area contributed by atoms with Crippen LogP contribution in [0.1, 0.15) is 33.6 Å². The molecular weight excluding hydrogens is 308 g/mol. The predicted molar refractivity (Wildman–Crippen MR) is 90.3 cm³/mol. The standard InChI is InChI=1S/C18H18N2O4/c1-10-8-12(9-11(2)16(10)24-7-6-21)17-19-13-4-3-5-14(22)15(13)18(23)20-17/h3-4,8-9,21H,5-7H2,1-2H3,(H,19,20,23). The molecule has 124 valence electrons. The fourth-order valence-corrected chi connectivity index (χ4v) is 2.86. The second kappa shape index (κ2) is 6.41. The number of nitrogens with one attached hydrogen (secondary N) is 1.